The first kappa shape index (κ1) is 10.6. The SMILES string of the molecule is Oc1ccc(OC(F)(F)F)c2ccccc12. The summed E-state index contributed by atoms with van der Waals surface area (Å²) in [5.74, 6) is -0.397. The van der Waals surface area contributed by atoms with Crippen molar-refractivity contribution in [2.75, 3.05) is 0 Å². The lowest BCUT2D eigenvalue weighted by atomic mass is 10.1. The average molecular weight is 228 g/mol. The fourth-order valence-corrected chi connectivity index (χ4v) is 1.47. The summed E-state index contributed by atoms with van der Waals surface area (Å²) < 4.78 is 40.1. The first-order valence-electron chi connectivity index (χ1n) is 4.44. The molecule has 0 spiro atoms. The molecule has 16 heavy (non-hydrogen) atoms. The Kier molecular flexibility index (Phi) is 2.38. The smallest absolute Gasteiger partial charge is 0.507 e. The van der Waals surface area contributed by atoms with Gasteiger partial charge in [0.2, 0.25) is 0 Å². The predicted molar refractivity (Wildman–Crippen MR) is 52.3 cm³/mol. The van der Waals surface area contributed by atoms with E-state index in [4.69, 9.17) is 0 Å². The number of phenols is 1. The lowest BCUT2D eigenvalue weighted by Crippen LogP contribution is -2.17. The average Bonchev–Trinajstić information content (AvgIpc) is 2.21. The summed E-state index contributed by atoms with van der Waals surface area (Å²) in [7, 11) is 0. The Morgan fingerprint density at radius 3 is 2.19 bits per heavy atom. The van der Waals surface area contributed by atoms with E-state index in [1.54, 1.807) is 12.1 Å². The number of rotatable bonds is 1. The molecule has 0 aliphatic heterocycles. The Labute approximate surface area is 88.9 Å². The maximum absolute atomic E-state index is 12.1. The molecule has 2 rings (SSSR count). The minimum absolute atomic E-state index is 0.0786. The number of ether oxygens (including phenoxy) is 1. The van der Waals surface area contributed by atoms with Crippen molar-refractivity contribution in [1.82, 2.24) is 0 Å². The quantitative estimate of drug-likeness (QED) is 0.810. The van der Waals surface area contributed by atoms with Crippen LogP contribution in [0.5, 0.6) is 11.5 Å². The van der Waals surface area contributed by atoms with E-state index in [9.17, 15) is 18.3 Å². The molecule has 2 aromatic rings. The van der Waals surface area contributed by atoms with Gasteiger partial charge in [0.1, 0.15) is 11.5 Å². The van der Waals surface area contributed by atoms with E-state index in [1.165, 1.54) is 18.2 Å². The largest absolute Gasteiger partial charge is 0.573 e. The number of hydrogen-bond acceptors (Lipinski definition) is 2. The van der Waals surface area contributed by atoms with Crippen molar-refractivity contribution in [3.8, 4) is 11.5 Å². The number of aromatic hydroxyl groups is 1. The highest BCUT2D eigenvalue weighted by atomic mass is 19.4. The number of fused-ring (bicyclic) bond motifs is 1. The molecule has 0 bridgehead atoms. The van der Waals surface area contributed by atoms with Crippen LogP contribution in [-0.4, -0.2) is 11.5 Å². The van der Waals surface area contributed by atoms with Gasteiger partial charge >= 0.3 is 6.36 Å². The standard InChI is InChI=1S/C11H7F3O2/c12-11(13,14)16-10-6-5-9(15)7-3-1-2-4-8(7)10/h1-6,15H. The van der Waals surface area contributed by atoms with Crippen molar-refractivity contribution in [3.05, 3.63) is 36.4 Å². The van der Waals surface area contributed by atoms with Gasteiger partial charge in [-0.15, -0.1) is 13.2 Å². The molecule has 5 heteroatoms. The van der Waals surface area contributed by atoms with Crippen LogP contribution in [-0.2, 0) is 0 Å². The zero-order valence-electron chi connectivity index (χ0n) is 7.95. The summed E-state index contributed by atoms with van der Waals surface area (Å²) in [6.07, 6.45) is -4.74. The summed E-state index contributed by atoms with van der Waals surface area (Å²) in [6, 6.07) is 8.43. The molecule has 0 aliphatic rings. The van der Waals surface area contributed by atoms with E-state index in [0.717, 1.165) is 6.07 Å². The van der Waals surface area contributed by atoms with Gasteiger partial charge < -0.3 is 9.84 Å². The first-order valence-corrected chi connectivity index (χ1v) is 4.44. The summed E-state index contributed by atoms with van der Waals surface area (Å²) in [5.41, 5.74) is 0. The van der Waals surface area contributed by atoms with E-state index in [1.807, 2.05) is 0 Å². The van der Waals surface area contributed by atoms with Gasteiger partial charge in [0.25, 0.3) is 0 Å². The number of hydrogen-bond donors (Lipinski definition) is 1. The van der Waals surface area contributed by atoms with Gasteiger partial charge in [-0.2, -0.15) is 0 Å². The highest BCUT2D eigenvalue weighted by Crippen LogP contribution is 2.34. The molecule has 1 N–H and O–H groups in total. The molecule has 0 fully saturated rings. The lowest BCUT2D eigenvalue weighted by Gasteiger charge is -2.11. The Hall–Kier alpha value is -1.91. The van der Waals surface area contributed by atoms with Crippen molar-refractivity contribution in [2.24, 2.45) is 0 Å². The van der Waals surface area contributed by atoms with Gasteiger partial charge in [-0.05, 0) is 12.1 Å². The van der Waals surface area contributed by atoms with Crippen LogP contribution in [0.3, 0.4) is 0 Å². The molecule has 0 heterocycles. The van der Waals surface area contributed by atoms with Gasteiger partial charge in [-0.3, -0.25) is 0 Å². The van der Waals surface area contributed by atoms with Crippen LogP contribution in [0.1, 0.15) is 0 Å². The van der Waals surface area contributed by atoms with E-state index in [-0.39, 0.29) is 16.9 Å². The van der Waals surface area contributed by atoms with Crippen LogP contribution in [0, 0.1) is 0 Å². The third kappa shape index (κ3) is 2.03. The summed E-state index contributed by atoms with van der Waals surface area (Å²) in [6.45, 7) is 0. The van der Waals surface area contributed by atoms with E-state index in [0.29, 0.717) is 5.39 Å². The van der Waals surface area contributed by atoms with Crippen LogP contribution in [0.2, 0.25) is 0 Å². The van der Waals surface area contributed by atoms with Gasteiger partial charge in [-0.25, -0.2) is 0 Å². The first-order chi connectivity index (χ1) is 7.47. The zero-order valence-corrected chi connectivity index (χ0v) is 7.95. The van der Waals surface area contributed by atoms with Crippen molar-refractivity contribution < 1.29 is 23.0 Å². The second-order valence-electron chi connectivity index (χ2n) is 3.18. The Morgan fingerprint density at radius 2 is 1.56 bits per heavy atom. The topological polar surface area (TPSA) is 29.5 Å². The Bertz CT molecular complexity index is 520. The fraction of sp³-hybridized carbons (Fsp3) is 0.0909. The molecule has 0 amide bonds. The number of alkyl halides is 3. The summed E-state index contributed by atoms with van der Waals surface area (Å²) in [5, 5.41) is 10.0. The molecular weight excluding hydrogens is 221 g/mol. The molecule has 0 atom stereocenters. The van der Waals surface area contributed by atoms with Crippen molar-refractivity contribution in [2.45, 2.75) is 6.36 Å². The molecule has 0 radical (unpaired) electrons. The Balaban J connectivity index is 2.59. The predicted octanol–water partition coefficient (Wildman–Crippen LogP) is 3.44. The van der Waals surface area contributed by atoms with Crippen molar-refractivity contribution >= 4 is 10.8 Å². The van der Waals surface area contributed by atoms with Crippen LogP contribution in [0.25, 0.3) is 10.8 Å². The van der Waals surface area contributed by atoms with E-state index >= 15 is 0 Å². The van der Waals surface area contributed by atoms with Gasteiger partial charge in [0, 0.05) is 10.8 Å². The fourth-order valence-electron chi connectivity index (χ4n) is 1.47. The molecule has 84 valence electrons. The third-order valence-corrected chi connectivity index (χ3v) is 2.09. The molecule has 0 unspecified atom stereocenters. The van der Waals surface area contributed by atoms with E-state index in [2.05, 4.69) is 4.74 Å². The highest BCUT2D eigenvalue weighted by Gasteiger charge is 2.31. The van der Waals surface area contributed by atoms with Crippen molar-refractivity contribution in [1.29, 1.82) is 0 Å². The number of phenolic OH excluding ortho intramolecular Hbond substituents is 1. The van der Waals surface area contributed by atoms with Crippen LogP contribution >= 0.6 is 0 Å². The normalized spacial score (nSPS) is 11.7. The number of benzene rings is 2. The maximum atomic E-state index is 12.1. The van der Waals surface area contributed by atoms with Gasteiger partial charge in [-0.1, -0.05) is 24.3 Å². The third-order valence-electron chi connectivity index (χ3n) is 2.09. The monoisotopic (exact) mass is 228 g/mol. The molecule has 2 nitrogen and oxygen atoms in total. The molecule has 2 aromatic carbocycles. The van der Waals surface area contributed by atoms with Crippen LogP contribution in [0.15, 0.2) is 36.4 Å². The number of halogens is 3. The Morgan fingerprint density at radius 1 is 0.938 bits per heavy atom. The van der Waals surface area contributed by atoms with Crippen molar-refractivity contribution in [3.63, 3.8) is 0 Å². The summed E-state index contributed by atoms with van der Waals surface area (Å²) >= 11 is 0. The van der Waals surface area contributed by atoms with Crippen LogP contribution < -0.4 is 4.74 Å². The second-order valence-corrected chi connectivity index (χ2v) is 3.18. The molecular formula is C11H7F3O2. The minimum atomic E-state index is -4.74. The van der Waals surface area contributed by atoms with Crippen LogP contribution in [0.4, 0.5) is 13.2 Å². The minimum Gasteiger partial charge on any atom is -0.507 e. The highest BCUT2D eigenvalue weighted by molar-refractivity contribution is 5.92. The molecule has 0 saturated heterocycles. The summed E-state index contributed by atoms with van der Waals surface area (Å²) in [4.78, 5) is 0. The molecule has 0 aromatic heterocycles. The maximum Gasteiger partial charge on any atom is 0.573 e. The van der Waals surface area contributed by atoms with Gasteiger partial charge in [0.05, 0.1) is 0 Å². The zero-order chi connectivity index (χ0) is 11.8. The van der Waals surface area contributed by atoms with E-state index < -0.39 is 6.36 Å². The molecule has 0 saturated carbocycles. The second kappa shape index (κ2) is 3.59. The molecule has 0 aliphatic carbocycles. The lowest BCUT2D eigenvalue weighted by molar-refractivity contribution is -0.274. The van der Waals surface area contributed by atoms with Gasteiger partial charge in [0.15, 0.2) is 0 Å².